The average molecular weight is 370 g/mol. The van der Waals surface area contributed by atoms with E-state index in [1.807, 2.05) is 42.5 Å². The van der Waals surface area contributed by atoms with Gasteiger partial charge in [0.15, 0.2) is 0 Å². The first kappa shape index (κ1) is 19.5. The Hall–Kier alpha value is -1.53. The van der Waals surface area contributed by atoms with Crippen LogP contribution >= 0.6 is 37.5 Å². The highest BCUT2D eigenvalue weighted by Crippen LogP contribution is 2.15. The number of amidine groups is 1. The van der Waals surface area contributed by atoms with E-state index in [1.54, 1.807) is 13.1 Å². The smallest absolute Gasteiger partial charge is 0.145 e. The Kier molecular flexibility index (Phi) is 7.09. The van der Waals surface area contributed by atoms with Crippen LogP contribution < -0.4 is 10.6 Å². The lowest BCUT2D eigenvalue weighted by Crippen LogP contribution is -2.31. The van der Waals surface area contributed by atoms with Crippen LogP contribution in [0.4, 0.5) is 0 Å². The number of rotatable bonds is 1. The van der Waals surface area contributed by atoms with Gasteiger partial charge in [-0.05, 0) is 18.2 Å². The molecule has 0 fully saturated rings. The third-order valence-electron chi connectivity index (χ3n) is 3.32. The van der Waals surface area contributed by atoms with Gasteiger partial charge in [-0.2, -0.15) is 13.5 Å². The number of halogens is 2. The van der Waals surface area contributed by atoms with E-state index < -0.39 is 0 Å². The number of nitrogens with zero attached hydrogens (tertiary/aromatic N) is 3. The minimum Gasteiger partial charge on any atom is -0.288 e. The second-order valence-electron chi connectivity index (χ2n) is 4.69. The van der Waals surface area contributed by atoms with Gasteiger partial charge in [0.25, 0.3) is 0 Å². The van der Waals surface area contributed by atoms with Crippen molar-refractivity contribution in [3.63, 3.8) is 0 Å². The molecule has 0 spiro atoms. The molecule has 2 aromatic carbocycles. The fourth-order valence-electron chi connectivity index (χ4n) is 2.34. The van der Waals surface area contributed by atoms with E-state index in [-0.39, 0.29) is 32.4 Å². The van der Waals surface area contributed by atoms with E-state index in [4.69, 9.17) is 11.6 Å². The Morgan fingerprint density at radius 1 is 1.17 bits per heavy atom. The minimum absolute atomic E-state index is 0. The van der Waals surface area contributed by atoms with Crippen LogP contribution in [0, 0.1) is 0 Å². The first-order valence-electron chi connectivity index (χ1n) is 6.55. The van der Waals surface area contributed by atoms with Gasteiger partial charge in [0.2, 0.25) is 0 Å². The third kappa shape index (κ3) is 4.06. The van der Waals surface area contributed by atoms with Crippen molar-refractivity contribution in [1.82, 2.24) is 5.06 Å². The number of fused-ring (bicyclic) bond motifs is 1. The van der Waals surface area contributed by atoms with Crippen LogP contribution in [0.15, 0.2) is 58.5 Å². The highest BCUT2D eigenvalue weighted by atomic mass is 35.5. The van der Waals surface area contributed by atoms with Crippen LogP contribution in [0.25, 0.3) is 5.70 Å². The zero-order valence-corrected chi connectivity index (χ0v) is 15.0. The molecule has 0 saturated heterocycles. The fraction of sp³-hybridized carbons (Fsp3) is 0.125. The van der Waals surface area contributed by atoms with E-state index in [9.17, 15) is 5.21 Å². The SMILES string of the molecule is CN=C1CN(O)C(c2ccccc2)=c2cc(Cl)ccc2=N1.Cl.S. The van der Waals surface area contributed by atoms with Crippen molar-refractivity contribution in [2.45, 2.75) is 0 Å². The number of benzene rings is 2. The monoisotopic (exact) mass is 369 g/mol. The maximum atomic E-state index is 10.5. The van der Waals surface area contributed by atoms with Crippen LogP contribution in [0.1, 0.15) is 5.56 Å². The molecule has 1 heterocycles. The molecule has 1 N–H and O–H groups in total. The van der Waals surface area contributed by atoms with Gasteiger partial charge >= 0.3 is 0 Å². The molecule has 0 atom stereocenters. The predicted octanol–water partition coefficient (Wildman–Crippen LogP) is 2.38. The molecule has 0 radical (unpaired) electrons. The van der Waals surface area contributed by atoms with E-state index in [1.165, 1.54) is 5.06 Å². The molecule has 2 aromatic rings. The lowest BCUT2D eigenvalue weighted by atomic mass is 10.1. The fourth-order valence-corrected chi connectivity index (χ4v) is 2.52. The quantitative estimate of drug-likeness (QED) is 0.838. The molecule has 122 valence electrons. The van der Waals surface area contributed by atoms with Crippen molar-refractivity contribution in [2.24, 2.45) is 9.98 Å². The molecule has 0 aliphatic carbocycles. The summed E-state index contributed by atoms with van der Waals surface area (Å²) in [5.41, 5.74) is 1.58. The van der Waals surface area contributed by atoms with Gasteiger partial charge in [-0.3, -0.25) is 10.2 Å². The van der Waals surface area contributed by atoms with Crippen molar-refractivity contribution >= 4 is 49.0 Å². The summed E-state index contributed by atoms with van der Waals surface area (Å²) >= 11 is 6.12. The molecule has 1 aliphatic rings. The first-order valence-corrected chi connectivity index (χ1v) is 6.93. The summed E-state index contributed by atoms with van der Waals surface area (Å²) in [5, 5.41) is 13.8. The maximum absolute atomic E-state index is 10.5. The number of hydrogen-bond acceptors (Lipinski definition) is 3. The van der Waals surface area contributed by atoms with Gasteiger partial charge in [-0.25, -0.2) is 10.1 Å². The first-order chi connectivity index (χ1) is 10.2. The maximum Gasteiger partial charge on any atom is 0.145 e. The van der Waals surface area contributed by atoms with Crippen molar-refractivity contribution in [2.75, 3.05) is 13.6 Å². The van der Waals surface area contributed by atoms with E-state index in [2.05, 4.69) is 9.98 Å². The molecule has 0 unspecified atom stereocenters. The molecule has 3 rings (SSSR count). The molecule has 4 nitrogen and oxygen atoms in total. The van der Waals surface area contributed by atoms with Crippen molar-refractivity contribution < 1.29 is 5.21 Å². The molecule has 0 aromatic heterocycles. The summed E-state index contributed by atoms with van der Waals surface area (Å²) in [6.45, 7) is 0.229. The Labute approximate surface area is 152 Å². The zero-order chi connectivity index (χ0) is 14.8. The third-order valence-corrected chi connectivity index (χ3v) is 3.55. The van der Waals surface area contributed by atoms with Crippen LogP contribution in [0.3, 0.4) is 0 Å². The molecule has 0 amide bonds. The van der Waals surface area contributed by atoms with Gasteiger partial charge in [0.05, 0.1) is 11.1 Å². The summed E-state index contributed by atoms with van der Waals surface area (Å²) in [6, 6.07) is 15.1. The molecule has 0 bridgehead atoms. The zero-order valence-electron chi connectivity index (χ0n) is 12.4. The second kappa shape index (κ2) is 8.36. The Morgan fingerprint density at radius 2 is 1.87 bits per heavy atom. The summed E-state index contributed by atoms with van der Waals surface area (Å²) < 4.78 is 0. The topological polar surface area (TPSA) is 48.2 Å². The number of aliphatic imine (C=N–C) groups is 1. The van der Waals surface area contributed by atoms with Gasteiger partial charge in [0, 0.05) is 22.9 Å². The van der Waals surface area contributed by atoms with E-state index in [0.29, 0.717) is 16.6 Å². The Balaban J connectivity index is 0.00000132. The van der Waals surface area contributed by atoms with Gasteiger partial charge in [0.1, 0.15) is 12.4 Å². The van der Waals surface area contributed by atoms with Crippen LogP contribution in [0.5, 0.6) is 0 Å². The van der Waals surface area contributed by atoms with Crippen molar-refractivity contribution in [3.8, 4) is 0 Å². The molecule has 1 aliphatic heterocycles. The molecular weight excluding hydrogens is 353 g/mol. The average Bonchev–Trinajstić information content (AvgIpc) is 2.63. The minimum atomic E-state index is 0. The van der Waals surface area contributed by atoms with Crippen LogP contribution in [0.2, 0.25) is 5.02 Å². The van der Waals surface area contributed by atoms with Gasteiger partial charge in [-0.1, -0.05) is 41.9 Å². The van der Waals surface area contributed by atoms with Crippen molar-refractivity contribution in [1.29, 1.82) is 0 Å². The van der Waals surface area contributed by atoms with Crippen molar-refractivity contribution in [3.05, 3.63) is 69.7 Å². The molecule has 23 heavy (non-hydrogen) atoms. The number of hydroxylamine groups is 2. The normalized spacial score (nSPS) is 15.0. The molecular formula is C16H17Cl2N3OS. The standard InChI is InChI=1S/C16H14ClN3O.ClH.H2S/c1-18-15-10-20(21)16(11-5-3-2-4-6-11)13-9-12(17)7-8-14(13)19-15;;/h2-9,21H,10H2,1H3;1H;1H2. The largest absolute Gasteiger partial charge is 0.288 e. The lowest BCUT2D eigenvalue weighted by Gasteiger charge is -2.19. The van der Waals surface area contributed by atoms with E-state index >= 15 is 0 Å². The lowest BCUT2D eigenvalue weighted by molar-refractivity contribution is -0.0119. The van der Waals surface area contributed by atoms with Gasteiger partial charge in [-0.15, -0.1) is 12.4 Å². The van der Waals surface area contributed by atoms with Crippen LogP contribution in [-0.4, -0.2) is 29.7 Å². The molecule has 0 saturated carbocycles. The van der Waals surface area contributed by atoms with Crippen LogP contribution in [-0.2, 0) is 0 Å². The summed E-state index contributed by atoms with van der Waals surface area (Å²) in [6.07, 6.45) is 0. The van der Waals surface area contributed by atoms with Gasteiger partial charge < -0.3 is 0 Å². The highest BCUT2D eigenvalue weighted by molar-refractivity contribution is 7.59. The number of hydrogen-bond donors (Lipinski definition) is 1. The highest BCUT2D eigenvalue weighted by Gasteiger charge is 2.17. The molecule has 7 heteroatoms. The predicted molar refractivity (Wildman–Crippen MR) is 101 cm³/mol. The summed E-state index contributed by atoms with van der Waals surface area (Å²) in [5.74, 6) is 0.562. The Bertz CT molecular complexity index is 825. The summed E-state index contributed by atoms with van der Waals surface area (Å²) in [4.78, 5) is 8.60. The van der Waals surface area contributed by atoms with E-state index in [0.717, 1.165) is 16.1 Å². The summed E-state index contributed by atoms with van der Waals surface area (Å²) in [7, 11) is 1.66. The second-order valence-corrected chi connectivity index (χ2v) is 5.12. The Morgan fingerprint density at radius 3 is 2.52 bits per heavy atom.